The summed E-state index contributed by atoms with van der Waals surface area (Å²) in [4.78, 5) is 12.8. The maximum absolute atomic E-state index is 10.1. The summed E-state index contributed by atoms with van der Waals surface area (Å²) < 4.78 is 2.45. The minimum atomic E-state index is -0.0638. The standard InChI is InChI=1S/C31H46N6O/c1-5-9-29(36-18-8-16-32-17-21-36)30-33-27-23-25(12-13-28(27)37(30)6-2)35-19-14-31(15-20-35,34(3)4)24-10-7-11-26(38)22-24/h7,10-13,22-23,29,32,38H,5-6,8-9,14-21H2,1-4H3. The van der Waals surface area contributed by atoms with Crippen LogP contribution >= 0.6 is 0 Å². The number of nitrogens with zero attached hydrogens (tertiary/aromatic N) is 5. The third-order valence-corrected chi connectivity index (χ3v) is 8.95. The number of rotatable bonds is 8. The summed E-state index contributed by atoms with van der Waals surface area (Å²) in [5.41, 5.74) is 4.77. The Labute approximate surface area is 228 Å². The Hall–Kier alpha value is -2.61. The number of phenols is 1. The molecule has 5 rings (SSSR count). The average molecular weight is 519 g/mol. The van der Waals surface area contributed by atoms with Crippen LogP contribution < -0.4 is 10.2 Å². The number of imidazole rings is 1. The molecular formula is C31H46N6O. The van der Waals surface area contributed by atoms with E-state index in [0.717, 1.165) is 77.0 Å². The van der Waals surface area contributed by atoms with Gasteiger partial charge in [-0.3, -0.25) is 9.80 Å². The van der Waals surface area contributed by atoms with E-state index in [1.807, 2.05) is 12.1 Å². The normalized spacial score (nSPS) is 19.7. The van der Waals surface area contributed by atoms with E-state index < -0.39 is 0 Å². The van der Waals surface area contributed by atoms with Crippen molar-refractivity contribution in [3.05, 3.63) is 53.9 Å². The van der Waals surface area contributed by atoms with Crippen molar-refractivity contribution in [1.29, 1.82) is 0 Å². The molecule has 2 aromatic carbocycles. The zero-order chi connectivity index (χ0) is 26.7. The number of aromatic hydroxyl groups is 1. The van der Waals surface area contributed by atoms with E-state index >= 15 is 0 Å². The molecule has 0 amide bonds. The number of aromatic nitrogens is 2. The lowest BCUT2D eigenvalue weighted by Crippen LogP contribution is -2.50. The summed E-state index contributed by atoms with van der Waals surface area (Å²) in [5.74, 6) is 1.58. The fraction of sp³-hybridized carbons (Fsp3) is 0.581. The molecule has 3 heterocycles. The fourth-order valence-electron chi connectivity index (χ4n) is 6.77. The van der Waals surface area contributed by atoms with Gasteiger partial charge in [0.25, 0.3) is 0 Å². The van der Waals surface area contributed by atoms with E-state index in [1.54, 1.807) is 6.07 Å². The number of aryl methyl sites for hydroxylation is 1. The Morgan fingerprint density at radius 3 is 2.55 bits per heavy atom. The smallest absolute Gasteiger partial charge is 0.127 e. The van der Waals surface area contributed by atoms with Crippen LogP contribution in [0.1, 0.15) is 63.4 Å². The van der Waals surface area contributed by atoms with Crippen LogP contribution in [-0.4, -0.2) is 77.8 Å². The largest absolute Gasteiger partial charge is 0.508 e. The van der Waals surface area contributed by atoms with Gasteiger partial charge in [0.05, 0.1) is 17.1 Å². The molecule has 2 aliphatic heterocycles. The molecular weight excluding hydrogens is 472 g/mol. The SMILES string of the molecule is CCCC(c1nc2cc(N3CCC(c4cccc(O)c4)(N(C)C)CC3)ccc2n1CC)N1CCCNCC1. The van der Waals surface area contributed by atoms with Crippen LogP contribution in [0.2, 0.25) is 0 Å². The maximum atomic E-state index is 10.1. The molecule has 206 valence electrons. The lowest BCUT2D eigenvalue weighted by atomic mass is 9.79. The molecule has 0 radical (unpaired) electrons. The van der Waals surface area contributed by atoms with Crippen molar-refractivity contribution in [2.45, 2.75) is 64.1 Å². The van der Waals surface area contributed by atoms with Gasteiger partial charge in [-0.05, 0) is 89.1 Å². The third-order valence-electron chi connectivity index (χ3n) is 8.95. The molecule has 0 saturated carbocycles. The Balaban J connectivity index is 1.41. The predicted octanol–water partition coefficient (Wildman–Crippen LogP) is 4.96. The van der Waals surface area contributed by atoms with Crippen molar-refractivity contribution in [1.82, 2.24) is 24.7 Å². The number of nitrogens with one attached hydrogen (secondary N) is 1. The van der Waals surface area contributed by atoms with E-state index in [2.05, 4.69) is 76.8 Å². The Bertz CT molecular complexity index is 1200. The second-order valence-electron chi connectivity index (χ2n) is 11.3. The fourth-order valence-corrected chi connectivity index (χ4v) is 6.77. The van der Waals surface area contributed by atoms with Gasteiger partial charge in [0, 0.05) is 50.5 Å². The van der Waals surface area contributed by atoms with Gasteiger partial charge in [-0.15, -0.1) is 0 Å². The van der Waals surface area contributed by atoms with Crippen molar-refractivity contribution < 1.29 is 5.11 Å². The quantitative estimate of drug-likeness (QED) is 0.440. The first-order valence-corrected chi connectivity index (χ1v) is 14.6. The van der Waals surface area contributed by atoms with Gasteiger partial charge in [-0.2, -0.15) is 0 Å². The molecule has 0 bridgehead atoms. The van der Waals surface area contributed by atoms with Gasteiger partial charge >= 0.3 is 0 Å². The van der Waals surface area contributed by atoms with Crippen LogP contribution in [-0.2, 0) is 12.1 Å². The maximum Gasteiger partial charge on any atom is 0.127 e. The van der Waals surface area contributed by atoms with Crippen molar-refractivity contribution in [3.63, 3.8) is 0 Å². The summed E-state index contributed by atoms with van der Waals surface area (Å²) in [6, 6.07) is 15.1. The van der Waals surface area contributed by atoms with Gasteiger partial charge in [-0.1, -0.05) is 25.5 Å². The van der Waals surface area contributed by atoms with Crippen molar-refractivity contribution in [2.24, 2.45) is 0 Å². The summed E-state index contributed by atoms with van der Waals surface area (Å²) in [7, 11) is 4.33. The minimum absolute atomic E-state index is 0.0638. The second kappa shape index (κ2) is 11.6. The second-order valence-corrected chi connectivity index (χ2v) is 11.3. The van der Waals surface area contributed by atoms with Crippen LogP contribution in [0.4, 0.5) is 5.69 Å². The third kappa shape index (κ3) is 5.16. The van der Waals surface area contributed by atoms with E-state index in [1.165, 1.54) is 29.0 Å². The molecule has 38 heavy (non-hydrogen) atoms. The number of hydrogen-bond acceptors (Lipinski definition) is 6. The molecule has 2 saturated heterocycles. The van der Waals surface area contributed by atoms with Crippen LogP contribution in [0.25, 0.3) is 11.0 Å². The van der Waals surface area contributed by atoms with Crippen molar-refractivity contribution in [2.75, 3.05) is 58.3 Å². The number of benzene rings is 2. The molecule has 1 unspecified atom stereocenters. The van der Waals surface area contributed by atoms with Crippen LogP contribution in [0.5, 0.6) is 5.75 Å². The van der Waals surface area contributed by atoms with Gasteiger partial charge in [0.2, 0.25) is 0 Å². The topological polar surface area (TPSA) is 59.8 Å². The van der Waals surface area contributed by atoms with Crippen molar-refractivity contribution in [3.8, 4) is 5.75 Å². The molecule has 2 aliphatic rings. The first kappa shape index (κ1) is 27.0. The Morgan fingerprint density at radius 2 is 1.84 bits per heavy atom. The molecule has 1 aromatic heterocycles. The first-order valence-electron chi connectivity index (χ1n) is 14.6. The number of anilines is 1. The zero-order valence-corrected chi connectivity index (χ0v) is 23.8. The van der Waals surface area contributed by atoms with Crippen LogP contribution in [0.15, 0.2) is 42.5 Å². The summed E-state index contributed by atoms with van der Waals surface area (Å²) in [6.45, 7) is 11.8. The number of fused-ring (bicyclic) bond motifs is 1. The average Bonchev–Trinajstić information content (AvgIpc) is 3.08. The highest BCUT2D eigenvalue weighted by molar-refractivity contribution is 5.80. The molecule has 1 atom stereocenters. The highest BCUT2D eigenvalue weighted by Gasteiger charge is 2.38. The summed E-state index contributed by atoms with van der Waals surface area (Å²) in [5, 5.41) is 13.7. The van der Waals surface area contributed by atoms with E-state index in [9.17, 15) is 5.11 Å². The highest BCUT2D eigenvalue weighted by atomic mass is 16.3. The van der Waals surface area contributed by atoms with Gasteiger partial charge in [0.1, 0.15) is 11.6 Å². The van der Waals surface area contributed by atoms with E-state index in [0.29, 0.717) is 11.8 Å². The zero-order valence-electron chi connectivity index (χ0n) is 23.8. The molecule has 7 heteroatoms. The molecule has 2 N–H and O–H groups in total. The molecule has 3 aromatic rings. The highest BCUT2D eigenvalue weighted by Crippen LogP contribution is 2.40. The van der Waals surface area contributed by atoms with E-state index in [4.69, 9.17) is 4.98 Å². The van der Waals surface area contributed by atoms with Crippen LogP contribution in [0.3, 0.4) is 0 Å². The summed E-state index contributed by atoms with van der Waals surface area (Å²) >= 11 is 0. The lowest BCUT2D eigenvalue weighted by molar-refractivity contribution is 0.115. The first-order chi connectivity index (χ1) is 18.5. The summed E-state index contributed by atoms with van der Waals surface area (Å²) in [6.07, 6.45) is 5.52. The minimum Gasteiger partial charge on any atom is -0.508 e. The number of phenolic OH excluding ortho intramolecular Hbond substituents is 1. The molecule has 0 aliphatic carbocycles. The predicted molar refractivity (Wildman–Crippen MR) is 157 cm³/mol. The molecule has 0 spiro atoms. The van der Waals surface area contributed by atoms with Gasteiger partial charge in [0.15, 0.2) is 0 Å². The Kier molecular flexibility index (Phi) is 8.26. The Morgan fingerprint density at radius 1 is 1.03 bits per heavy atom. The molecule has 2 fully saturated rings. The number of hydrogen-bond donors (Lipinski definition) is 2. The number of piperidine rings is 1. The van der Waals surface area contributed by atoms with E-state index in [-0.39, 0.29) is 5.54 Å². The van der Waals surface area contributed by atoms with Crippen LogP contribution in [0, 0.1) is 0 Å². The van der Waals surface area contributed by atoms with Gasteiger partial charge < -0.3 is 19.9 Å². The monoisotopic (exact) mass is 518 g/mol. The van der Waals surface area contributed by atoms with Crippen molar-refractivity contribution >= 4 is 16.7 Å². The van der Waals surface area contributed by atoms with Gasteiger partial charge in [-0.25, -0.2) is 4.98 Å². The molecule has 7 nitrogen and oxygen atoms in total. The lowest BCUT2D eigenvalue weighted by Gasteiger charge is -2.47.